The maximum Gasteiger partial charge on any atom is 0.303 e. The van der Waals surface area contributed by atoms with E-state index >= 15 is 0 Å². The second-order valence-corrected chi connectivity index (χ2v) is 5.77. The van der Waals surface area contributed by atoms with Gasteiger partial charge in [-0.25, -0.2) is 4.98 Å². The molecular weight excluding hydrogens is 304 g/mol. The molecule has 0 radical (unpaired) electrons. The summed E-state index contributed by atoms with van der Waals surface area (Å²) in [7, 11) is 0. The second-order valence-electron chi connectivity index (χ2n) is 5.77. The minimum Gasteiger partial charge on any atom is -0.486 e. The Hall–Kier alpha value is -2.82. The van der Waals surface area contributed by atoms with Gasteiger partial charge in [-0.2, -0.15) is 0 Å². The van der Waals surface area contributed by atoms with Crippen molar-refractivity contribution in [2.24, 2.45) is 0 Å². The number of rotatable bonds is 7. The van der Waals surface area contributed by atoms with Crippen LogP contribution in [0, 0.1) is 6.92 Å². The molecule has 5 heteroatoms. The molecule has 0 aliphatic heterocycles. The Morgan fingerprint density at radius 1 is 1.17 bits per heavy atom. The number of hydrogen-bond acceptors (Lipinski definition) is 3. The summed E-state index contributed by atoms with van der Waals surface area (Å²) >= 11 is 0. The Morgan fingerprint density at radius 2 is 1.92 bits per heavy atom. The molecule has 0 bridgehead atoms. The van der Waals surface area contributed by atoms with Crippen LogP contribution in [0.4, 0.5) is 0 Å². The number of imidazole rings is 1. The molecule has 0 saturated heterocycles. The van der Waals surface area contributed by atoms with Gasteiger partial charge in [-0.3, -0.25) is 4.79 Å². The first kappa shape index (κ1) is 16.1. The van der Waals surface area contributed by atoms with Gasteiger partial charge in [0.2, 0.25) is 0 Å². The van der Waals surface area contributed by atoms with Crippen molar-refractivity contribution in [3.8, 4) is 5.75 Å². The average Bonchev–Trinajstić information content (AvgIpc) is 2.92. The van der Waals surface area contributed by atoms with E-state index in [9.17, 15) is 4.79 Å². The van der Waals surface area contributed by atoms with Crippen molar-refractivity contribution in [1.82, 2.24) is 9.55 Å². The zero-order valence-corrected chi connectivity index (χ0v) is 13.6. The predicted octanol–water partition coefficient (Wildman–Crippen LogP) is 3.79. The van der Waals surface area contributed by atoms with Gasteiger partial charge < -0.3 is 14.4 Å². The van der Waals surface area contributed by atoms with E-state index in [1.807, 2.05) is 60.0 Å². The van der Waals surface area contributed by atoms with Gasteiger partial charge in [-0.15, -0.1) is 0 Å². The number of aromatic nitrogens is 2. The highest BCUT2D eigenvalue weighted by atomic mass is 16.5. The Balaban J connectivity index is 1.80. The summed E-state index contributed by atoms with van der Waals surface area (Å²) in [6.45, 7) is 3.00. The van der Waals surface area contributed by atoms with Gasteiger partial charge in [0.1, 0.15) is 18.2 Å². The minimum absolute atomic E-state index is 0.144. The molecule has 2 aromatic carbocycles. The molecule has 0 atom stereocenters. The molecule has 0 aliphatic carbocycles. The number of fused-ring (bicyclic) bond motifs is 1. The zero-order valence-electron chi connectivity index (χ0n) is 13.6. The first-order chi connectivity index (χ1) is 11.6. The normalized spacial score (nSPS) is 10.9. The second kappa shape index (κ2) is 7.17. The molecule has 3 aromatic rings. The molecular formula is C19H20N2O3. The lowest BCUT2D eigenvalue weighted by Gasteiger charge is -2.10. The number of carboxylic acid groups (broad SMARTS) is 1. The molecule has 1 N–H and O–H groups in total. The summed E-state index contributed by atoms with van der Waals surface area (Å²) in [4.78, 5) is 15.4. The Morgan fingerprint density at radius 3 is 2.67 bits per heavy atom. The molecule has 1 aromatic heterocycles. The Labute approximate surface area is 140 Å². The van der Waals surface area contributed by atoms with E-state index in [1.54, 1.807) is 0 Å². The number of ether oxygens (including phenoxy) is 1. The van der Waals surface area contributed by atoms with Crippen LogP contribution in [0.2, 0.25) is 0 Å². The van der Waals surface area contributed by atoms with E-state index in [2.05, 4.69) is 4.98 Å². The molecule has 0 spiro atoms. The van der Waals surface area contributed by atoms with Crippen LogP contribution in [0.5, 0.6) is 5.75 Å². The highest BCUT2D eigenvalue weighted by Crippen LogP contribution is 2.19. The van der Waals surface area contributed by atoms with E-state index < -0.39 is 5.97 Å². The van der Waals surface area contributed by atoms with Crippen LogP contribution in [0.3, 0.4) is 0 Å². The largest absolute Gasteiger partial charge is 0.486 e. The maximum absolute atomic E-state index is 10.8. The van der Waals surface area contributed by atoms with Crippen LogP contribution in [0.25, 0.3) is 11.0 Å². The summed E-state index contributed by atoms with van der Waals surface area (Å²) in [5, 5.41) is 8.85. The van der Waals surface area contributed by atoms with E-state index in [1.165, 1.54) is 5.56 Å². The molecule has 0 amide bonds. The van der Waals surface area contributed by atoms with Crippen molar-refractivity contribution in [2.45, 2.75) is 32.9 Å². The van der Waals surface area contributed by atoms with Gasteiger partial charge in [-0.05, 0) is 37.6 Å². The molecule has 5 nitrogen and oxygen atoms in total. The fraction of sp³-hybridized carbons (Fsp3) is 0.263. The van der Waals surface area contributed by atoms with Gasteiger partial charge in [0.25, 0.3) is 0 Å². The van der Waals surface area contributed by atoms with Gasteiger partial charge in [-0.1, -0.05) is 29.8 Å². The molecule has 1 heterocycles. The zero-order chi connectivity index (χ0) is 16.9. The highest BCUT2D eigenvalue weighted by molar-refractivity contribution is 5.75. The Kier molecular flexibility index (Phi) is 4.79. The first-order valence-corrected chi connectivity index (χ1v) is 7.99. The van der Waals surface area contributed by atoms with Crippen LogP contribution < -0.4 is 4.74 Å². The molecule has 0 fully saturated rings. The summed E-state index contributed by atoms with van der Waals surface area (Å²) in [5.41, 5.74) is 3.09. The quantitative estimate of drug-likeness (QED) is 0.718. The van der Waals surface area contributed by atoms with E-state index in [0.717, 1.165) is 22.6 Å². The number of hydrogen-bond donors (Lipinski definition) is 1. The topological polar surface area (TPSA) is 64.4 Å². The van der Waals surface area contributed by atoms with Crippen molar-refractivity contribution < 1.29 is 14.6 Å². The first-order valence-electron chi connectivity index (χ1n) is 7.99. The van der Waals surface area contributed by atoms with Crippen LogP contribution in [0.15, 0.2) is 48.5 Å². The van der Waals surface area contributed by atoms with Gasteiger partial charge in [0.15, 0.2) is 0 Å². The Bertz CT molecular complexity index is 837. The van der Waals surface area contributed by atoms with Crippen molar-refractivity contribution in [3.05, 3.63) is 59.9 Å². The number of benzene rings is 2. The predicted molar refractivity (Wildman–Crippen MR) is 92.1 cm³/mol. The number of aryl methyl sites for hydroxylation is 2. The van der Waals surface area contributed by atoms with Gasteiger partial charge >= 0.3 is 5.97 Å². The summed E-state index contributed by atoms with van der Waals surface area (Å²) in [6, 6.07) is 15.7. The lowest BCUT2D eigenvalue weighted by Crippen LogP contribution is -2.09. The maximum atomic E-state index is 10.8. The van der Waals surface area contributed by atoms with Crippen molar-refractivity contribution in [1.29, 1.82) is 0 Å². The van der Waals surface area contributed by atoms with Crippen molar-refractivity contribution in [3.63, 3.8) is 0 Å². The summed E-state index contributed by atoms with van der Waals surface area (Å²) in [5.74, 6) is 0.823. The number of nitrogens with zero attached hydrogens (tertiary/aromatic N) is 2. The summed E-state index contributed by atoms with van der Waals surface area (Å²) < 4.78 is 7.89. The highest BCUT2D eigenvalue weighted by Gasteiger charge is 2.11. The van der Waals surface area contributed by atoms with E-state index in [4.69, 9.17) is 9.84 Å². The van der Waals surface area contributed by atoms with Crippen molar-refractivity contribution in [2.75, 3.05) is 0 Å². The number of aliphatic carboxylic acids is 1. The van der Waals surface area contributed by atoms with Crippen LogP contribution in [-0.4, -0.2) is 20.6 Å². The standard InChI is InChI=1S/C19H20N2O3/c1-14-8-10-15(11-9-14)24-13-18-20-16-5-2-3-6-17(16)21(18)12-4-7-19(22)23/h2-3,5-6,8-11H,4,7,12-13H2,1H3,(H,22,23). The van der Waals surface area contributed by atoms with Crippen molar-refractivity contribution >= 4 is 17.0 Å². The third-order valence-electron chi connectivity index (χ3n) is 3.89. The SMILES string of the molecule is Cc1ccc(OCc2nc3ccccc3n2CCCC(=O)O)cc1. The van der Waals surface area contributed by atoms with Gasteiger partial charge in [0, 0.05) is 13.0 Å². The minimum atomic E-state index is -0.781. The fourth-order valence-electron chi connectivity index (χ4n) is 2.66. The summed E-state index contributed by atoms with van der Waals surface area (Å²) in [6.07, 6.45) is 0.706. The third-order valence-corrected chi connectivity index (χ3v) is 3.89. The number of para-hydroxylation sites is 2. The van der Waals surface area contributed by atoms with Crippen LogP contribution >= 0.6 is 0 Å². The molecule has 0 unspecified atom stereocenters. The van der Waals surface area contributed by atoms with E-state index in [0.29, 0.717) is 19.6 Å². The van der Waals surface area contributed by atoms with Crippen LogP contribution in [-0.2, 0) is 17.9 Å². The molecule has 3 rings (SSSR count). The van der Waals surface area contributed by atoms with Gasteiger partial charge in [0.05, 0.1) is 11.0 Å². The number of carbonyl (C=O) groups is 1. The van der Waals surface area contributed by atoms with E-state index in [-0.39, 0.29) is 6.42 Å². The lowest BCUT2D eigenvalue weighted by molar-refractivity contribution is -0.137. The molecule has 124 valence electrons. The molecule has 0 aliphatic rings. The monoisotopic (exact) mass is 324 g/mol. The molecule has 0 saturated carbocycles. The average molecular weight is 324 g/mol. The smallest absolute Gasteiger partial charge is 0.303 e. The number of carboxylic acids is 1. The fourth-order valence-corrected chi connectivity index (χ4v) is 2.66. The molecule has 24 heavy (non-hydrogen) atoms. The van der Waals surface area contributed by atoms with Crippen LogP contribution in [0.1, 0.15) is 24.2 Å². The lowest BCUT2D eigenvalue weighted by atomic mass is 10.2. The third kappa shape index (κ3) is 3.74.